The highest BCUT2D eigenvalue weighted by atomic mass is 32.2. The van der Waals surface area contributed by atoms with Crippen molar-refractivity contribution in [3.63, 3.8) is 0 Å². The summed E-state index contributed by atoms with van der Waals surface area (Å²) in [4.78, 5) is 0. The first kappa shape index (κ1) is 15.7. The van der Waals surface area contributed by atoms with Gasteiger partial charge in [-0.1, -0.05) is 12.1 Å². The van der Waals surface area contributed by atoms with Crippen LogP contribution >= 0.6 is 0 Å². The molecule has 114 valence electrons. The molecule has 0 saturated heterocycles. The molecule has 0 atom stereocenters. The average molecular weight is 308 g/mol. The summed E-state index contributed by atoms with van der Waals surface area (Å²) in [5.41, 5.74) is 2.56. The Morgan fingerprint density at radius 3 is 2.19 bits per heavy atom. The number of primary sulfonamides is 1. The van der Waals surface area contributed by atoms with Gasteiger partial charge in [0.1, 0.15) is 0 Å². The Labute approximate surface area is 125 Å². The molecule has 1 aromatic carbocycles. The van der Waals surface area contributed by atoms with E-state index < -0.39 is 15.6 Å². The number of benzene rings is 1. The largest absolute Gasteiger partial charge is 0.291 e. The van der Waals surface area contributed by atoms with Crippen molar-refractivity contribution in [1.82, 2.24) is 14.8 Å². The fourth-order valence-electron chi connectivity index (χ4n) is 2.13. The highest BCUT2D eigenvalue weighted by molar-refractivity contribution is 7.89. The molecule has 0 radical (unpaired) electrons. The molecule has 2 N–H and O–H groups in total. The lowest BCUT2D eigenvalue weighted by molar-refractivity contribution is 0.366. The van der Waals surface area contributed by atoms with Gasteiger partial charge in [0.15, 0.2) is 5.82 Å². The minimum absolute atomic E-state index is 0.219. The van der Waals surface area contributed by atoms with Crippen molar-refractivity contribution in [2.24, 2.45) is 5.14 Å². The minimum atomic E-state index is -3.93. The third kappa shape index (κ3) is 2.98. The van der Waals surface area contributed by atoms with Gasteiger partial charge in [-0.3, -0.25) is 4.57 Å². The molecule has 6 nitrogen and oxygen atoms in total. The van der Waals surface area contributed by atoms with Crippen molar-refractivity contribution in [3.8, 4) is 11.4 Å². The molecule has 1 aromatic heterocycles. The molecule has 0 saturated carbocycles. The molecule has 1 heterocycles. The van der Waals surface area contributed by atoms with Crippen LogP contribution in [0.15, 0.2) is 23.4 Å². The summed E-state index contributed by atoms with van der Waals surface area (Å²) in [7, 11) is -3.93. The summed E-state index contributed by atoms with van der Waals surface area (Å²) in [5.74, 6) is 0.495. The SMILES string of the molecule is Cc1ccc(-c2nnc(S(N)(=O)=O)n2C(C)(C)C)cc1C. The number of nitrogens with zero attached hydrogens (tertiary/aromatic N) is 3. The van der Waals surface area contributed by atoms with Gasteiger partial charge in [-0.05, 0) is 51.8 Å². The van der Waals surface area contributed by atoms with Crippen LogP contribution in [0.2, 0.25) is 0 Å². The Kier molecular flexibility index (Phi) is 3.67. The van der Waals surface area contributed by atoms with Crippen LogP contribution in [0.25, 0.3) is 11.4 Å². The van der Waals surface area contributed by atoms with Crippen molar-refractivity contribution in [1.29, 1.82) is 0 Å². The molecule has 0 fully saturated rings. The van der Waals surface area contributed by atoms with E-state index in [9.17, 15) is 8.42 Å². The number of aromatic nitrogens is 3. The van der Waals surface area contributed by atoms with Crippen LogP contribution < -0.4 is 5.14 Å². The second-order valence-corrected chi connectivity index (χ2v) is 7.61. The van der Waals surface area contributed by atoms with E-state index >= 15 is 0 Å². The number of hydrogen-bond acceptors (Lipinski definition) is 4. The lowest BCUT2D eigenvalue weighted by Gasteiger charge is -2.24. The van der Waals surface area contributed by atoms with Gasteiger partial charge in [0, 0.05) is 11.1 Å². The number of rotatable bonds is 2. The lowest BCUT2D eigenvalue weighted by atomic mass is 10.0. The van der Waals surface area contributed by atoms with E-state index in [0.29, 0.717) is 5.82 Å². The van der Waals surface area contributed by atoms with Crippen LogP contribution in [-0.4, -0.2) is 23.2 Å². The first-order valence-corrected chi connectivity index (χ1v) is 8.13. The fourth-order valence-corrected chi connectivity index (χ4v) is 2.90. The molecular formula is C14H20N4O2S. The van der Waals surface area contributed by atoms with Crippen LogP contribution in [0.3, 0.4) is 0 Å². The molecule has 0 bridgehead atoms. The quantitative estimate of drug-likeness (QED) is 0.918. The van der Waals surface area contributed by atoms with Gasteiger partial charge in [-0.2, -0.15) is 0 Å². The molecule has 0 aliphatic rings. The van der Waals surface area contributed by atoms with Gasteiger partial charge < -0.3 is 0 Å². The van der Waals surface area contributed by atoms with E-state index in [4.69, 9.17) is 5.14 Å². The summed E-state index contributed by atoms with van der Waals surface area (Å²) in [6.45, 7) is 9.67. The molecule has 0 spiro atoms. The van der Waals surface area contributed by atoms with Crippen LogP contribution in [0.4, 0.5) is 0 Å². The number of hydrogen-bond donors (Lipinski definition) is 1. The summed E-state index contributed by atoms with van der Waals surface area (Å²) in [5, 5.41) is 12.9. The molecule has 0 aliphatic carbocycles. The summed E-state index contributed by atoms with van der Waals surface area (Å²) < 4.78 is 25.0. The average Bonchev–Trinajstić information content (AvgIpc) is 2.76. The lowest BCUT2D eigenvalue weighted by Crippen LogP contribution is -2.29. The monoisotopic (exact) mass is 308 g/mol. The Hall–Kier alpha value is -1.73. The fraction of sp³-hybridized carbons (Fsp3) is 0.429. The van der Waals surface area contributed by atoms with E-state index in [1.54, 1.807) is 4.57 Å². The number of aryl methyl sites for hydroxylation is 2. The van der Waals surface area contributed by atoms with Crippen molar-refractivity contribution in [3.05, 3.63) is 29.3 Å². The molecule has 0 unspecified atom stereocenters. The highest BCUT2D eigenvalue weighted by Gasteiger charge is 2.29. The maximum Gasteiger partial charge on any atom is 0.273 e. The Bertz CT molecular complexity index is 786. The van der Waals surface area contributed by atoms with E-state index in [1.165, 1.54) is 0 Å². The van der Waals surface area contributed by atoms with Crippen molar-refractivity contribution >= 4 is 10.0 Å². The Morgan fingerprint density at radius 2 is 1.71 bits per heavy atom. The summed E-state index contributed by atoms with van der Waals surface area (Å²) in [6.07, 6.45) is 0. The zero-order valence-corrected chi connectivity index (χ0v) is 13.7. The van der Waals surface area contributed by atoms with Gasteiger partial charge in [-0.25, -0.2) is 13.6 Å². The van der Waals surface area contributed by atoms with Crippen molar-refractivity contribution < 1.29 is 8.42 Å². The Morgan fingerprint density at radius 1 is 1.10 bits per heavy atom. The van der Waals surface area contributed by atoms with E-state index in [0.717, 1.165) is 16.7 Å². The topological polar surface area (TPSA) is 90.9 Å². The minimum Gasteiger partial charge on any atom is -0.291 e. The number of nitrogens with two attached hydrogens (primary N) is 1. The smallest absolute Gasteiger partial charge is 0.273 e. The van der Waals surface area contributed by atoms with Gasteiger partial charge in [0.05, 0.1) is 0 Å². The van der Waals surface area contributed by atoms with E-state index in [2.05, 4.69) is 10.2 Å². The molecule has 2 aromatic rings. The predicted molar refractivity (Wildman–Crippen MR) is 81.3 cm³/mol. The molecule has 21 heavy (non-hydrogen) atoms. The van der Waals surface area contributed by atoms with Crippen LogP contribution in [0.1, 0.15) is 31.9 Å². The van der Waals surface area contributed by atoms with Crippen molar-refractivity contribution in [2.75, 3.05) is 0 Å². The third-order valence-electron chi connectivity index (χ3n) is 3.32. The number of sulfonamides is 1. The third-order valence-corrected chi connectivity index (χ3v) is 4.10. The second-order valence-electron chi connectivity index (χ2n) is 6.16. The molecule has 7 heteroatoms. The molecule has 2 rings (SSSR count). The first-order valence-electron chi connectivity index (χ1n) is 6.58. The molecular weight excluding hydrogens is 288 g/mol. The van der Waals surface area contributed by atoms with Crippen molar-refractivity contribution in [2.45, 2.75) is 45.3 Å². The molecule has 0 amide bonds. The van der Waals surface area contributed by atoms with Gasteiger partial charge >= 0.3 is 0 Å². The van der Waals surface area contributed by atoms with Gasteiger partial charge in [-0.15, -0.1) is 10.2 Å². The van der Waals surface area contributed by atoms with Gasteiger partial charge in [0.2, 0.25) is 0 Å². The summed E-state index contributed by atoms with van der Waals surface area (Å²) >= 11 is 0. The van der Waals surface area contributed by atoms with Crippen LogP contribution in [0, 0.1) is 13.8 Å². The van der Waals surface area contributed by atoms with E-state index in [-0.39, 0.29) is 5.16 Å². The standard InChI is InChI=1S/C14H20N4O2S/c1-9-6-7-11(8-10(9)2)12-16-17-13(21(15,19)20)18(12)14(3,4)5/h6-8H,1-5H3,(H2,15,19,20). The Balaban J connectivity index is 2.76. The maximum atomic E-state index is 11.7. The van der Waals surface area contributed by atoms with Crippen LogP contribution in [-0.2, 0) is 15.6 Å². The van der Waals surface area contributed by atoms with E-state index in [1.807, 2.05) is 52.8 Å². The normalized spacial score (nSPS) is 12.7. The first-order chi connectivity index (χ1) is 9.51. The second kappa shape index (κ2) is 4.92. The zero-order chi connectivity index (χ0) is 16.0. The molecule has 0 aliphatic heterocycles. The maximum absolute atomic E-state index is 11.7. The highest BCUT2D eigenvalue weighted by Crippen LogP contribution is 2.28. The van der Waals surface area contributed by atoms with Gasteiger partial charge in [0.25, 0.3) is 15.2 Å². The predicted octanol–water partition coefficient (Wildman–Crippen LogP) is 1.96. The van der Waals surface area contributed by atoms with Crippen LogP contribution in [0.5, 0.6) is 0 Å². The summed E-state index contributed by atoms with van der Waals surface area (Å²) in [6, 6.07) is 5.85. The zero-order valence-electron chi connectivity index (χ0n) is 12.9.